The van der Waals surface area contributed by atoms with Crippen LogP contribution in [0.2, 0.25) is 0 Å². The maximum absolute atomic E-state index is 11.9. The number of rotatable bonds is 5. The van der Waals surface area contributed by atoms with Crippen molar-refractivity contribution in [1.29, 1.82) is 0 Å². The lowest BCUT2D eigenvalue weighted by Gasteiger charge is -2.24. The summed E-state index contributed by atoms with van der Waals surface area (Å²) in [7, 11) is 1.85. The third kappa shape index (κ3) is 3.51. The number of aromatic nitrogens is 1. The van der Waals surface area contributed by atoms with Crippen molar-refractivity contribution in [3.8, 4) is 0 Å². The summed E-state index contributed by atoms with van der Waals surface area (Å²) >= 11 is 1.66. The van der Waals surface area contributed by atoms with Crippen molar-refractivity contribution in [1.82, 2.24) is 9.88 Å². The predicted molar refractivity (Wildman–Crippen MR) is 71.1 cm³/mol. The Morgan fingerprint density at radius 3 is 2.65 bits per heavy atom. The summed E-state index contributed by atoms with van der Waals surface area (Å²) in [5, 5.41) is 1.05. The van der Waals surface area contributed by atoms with Crippen molar-refractivity contribution in [3.63, 3.8) is 0 Å². The van der Waals surface area contributed by atoms with E-state index in [1.54, 1.807) is 16.2 Å². The van der Waals surface area contributed by atoms with Gasteiger partial charge in [-0.15, -0.1) is 11.3 Å². The number of thiazole rings is 1. The Morgan fingerprint density at radius 1 is 1.53 bits per heavy atom. The molecule has 0 aromatic carbocycles. The Labute approximate surface area is 107 Å². The van der Waals surface area contributed by atoms with Crippen LogP contribution in [-0.2, 0) is 4.79 Å². The minimum atomic E-state index is 0.0893. The molecule has 0 spiro atoms. The van der Waals surface area contributed by atoms with Gasteiger partial charge < -0.3 is 10.6 Å². The minimum absolute atomic E-state index is 0.0893. The third-order valence-electron chi connectivity index (χ3n) is 2.89. The first kappa shape index (κ1) is 14.1. The number of nitrogens with zero attached hydrogens (tertiary/aromatic N) is 2. The fraction of sp³-hybridized carbons (Fsp3) is 0.667. The Balaban J connectivity index is 2.72. The standard InChI is InChI=1S/C12H21N3OS/c1-8-12(17-10(3)14-8)9(2)15(4)11(16)6-5-7-13/h9H,5-7,13H2,1-4H3. The molecule has 0 bridgehead atoms. The van der Waals surface area contributed by atoms with E-state index < -0.39 is 0 Å². The molecule has 1 aromatic heterocycles. The van der Waals surface area contributed by atoms with Gasteiger partial charge in [0.15, 0.2) is 0 Å². The number of nitrogens with two attached hydrogens (primary N) is 1. The van der Waals surface area contributed by atoms with Crippen LogP contribution >= 0.6 is 11.3 Å². The topological polar surface area (TPSA) is 59.2 Å². The van der Waals surface area contributed by atoms with E-state index >= 15 is 0 Å². The lowest BCUT2D eigenvalue weighted by Crippen LogP contribution is -2.29. The van der Waals surface area contributed by atoms with Crippen molar-refractivity contribution < 1.29 is 4.79 Å². The highest BCUT2D eigenvalue weighted by molar-refractivity contribution is 7.11. The Hall–Kier alpha value is -0.940. The molecule has 2 N–H and O–H groups in total. The van der Waals surface area contributed by atoms with E-state index in [4.69, 9.17) is 5.73 Å². The molecule has 0 saturated carbocycles. The van der Waals surface area contributed by atoms with Crippen molar-refractivity contribution in [2.24, 2.45) is 5.73 Å². The molecule has 0 fully saturated rings. The van der Waals surface area contributed by atoms with Gasteiger partial charge in [-0.3, -0.25) is 4.79 Å². The molecular weight excluding hydrogens is 234 g/mol. The average molecular weight is 255 g/mol. The Kier molecular flexibility index (Phi) is 5.08. The third-order valence-corrected chi connectivity index (χ3v) is 4.13. The quantitative estimate of drug-likeness (QED) is 0.875. The molecule has 1 heterocycles. The molecule has 1 amide bonds. The number of carbonyl (C=O) groups is 1. The largest absolute Gasteiger partial charge is 0.338 e. The van der Waals surface area contributed by atoms with Crippen LogP contribution in [0.5, 0.6) is 0 Å². The summed E-state index contributed by atoms with van der Waals surface area (Å²) < 4.78 is 0. The molecule has 0 radical (unpaired) electrons. The van der Waals surface area contributed by atoms with Gasteiger partial charge in [-0.2, -0.15) is 0 Å². The van der Waals surface area contributed by atoms with Gasteiger partial charge in [0, 0.05) is 18.3 Å². The Morgan fingerprint density at radius 2 is 2.18 bits per heavy atom. The molecular formula is C12H21N3OS. The van der Waals surface area contributed by atoms with Crippen LogP contribution in [0.15, 0.2) is 0 Å². The number of hydrogen-bond acceptors (Lipinski definition) is 4. The summed E-state index contributed by atoms with van der Waals surface area (Å²) in [5.74, 6) is 0.147. The van der Waals surface area contributed by atoms with Crippen molar-refractivity contribution in [3.05, 3.63) is 15.6 Å². The molecule has 0 saturated heterocycles. The highest BCUT2D eigenvalue weighted by Crippen LogP contribution is 2.28. The summed E-state index contributed by atoms with van der Waals surface area (Å²) in [6, 6.07) is 0.0893. The number of amides is 1. The average Bonchev–Trinajstić information content (AvgIpc) is 2.63. The van der Waals surface area contributed by atoms with Gasteiger partial charge in [0.2, 0.25) is 5.91 Å². The first-order valence-corrected chi connectivity index (χ1v) is 6.68. The number of hydrogen-bond donors (Lipinski definition) is 1. The van der Waals surface area contributed by atoms with E-state index in [0.717, 1.165) is 17.1 Å². The van der Waals surface area contributed by atoms with Gasteiger partial charge in [-0.1, -0.05) is 0 Å². The van der Waals surface area contributed by atoms with E-state index in [1.165, 1.54) is 4.88 Å². The van der Waals surface area contributed by atoms with Crippen molar-refractivity contribution >= 4 is 17.2 Å². The first-order valence-electron chi connectivity index (χ1n) is 5.87. The van der Waals surface area contributed by atoms with E-state index in [0.29, 0.717) is 13.0 Å². The first-order chi connectivity index (χ1) is 7.97. The van der Waals surface area contributed by atoms with E-state index in [9.17, 15) is 4.79 Å². The van der Waals surface area contributed by atoms with Crippen LogP contribution in [0.1, 0.15) is 41.4 Å². The van der Waals surface area contributed by atoms with Gasteiger partial charge in [0.05, 0.1) is 16.7 Å². The Bertz CT molecular complexity index is 389. The van der Waals surface area contributed by atoms with E-state index in [-0.39, 0.29) is 11.9 Å². The van der Waals surface area contributed by atoms with Crippen LogP contribution in [0.25, 0.3) is 0 Å². The molecule has 1 rings (SSSR count). The van der Waals surface area contributed by atoms with Gasteiger partial charge in [-0.05, 0) is 33.7 Å². The lowest BCUT2D eigenvalue weighted by molar-refractivity contribution is -0.131. The van der Waals surface area contributed by atoms with E-state index in [1.807, 2.05) is 27.8 Å². The van der Waals surface area contributed by atoms with Gasteiger partial charge in [0.1, 0.15) is 0 Å². The zero-order valence-corrected chi connectivity index (χ0v) is 11.8. The molecule has 17 heavy (non-hydrogen) atoms. The zero-order chi connectivity index (χ0) is 13.0. The van der Waals surface area contributed by atoms with Crippen LogP contribution in [0.4, 0.5) is 0 Å². The van der Waals surface area contributed by atoms with Crippen molar-refractivity contribution in [2.45, 2.75) is 39.7 Å². The summed E-state index contributed by atoms with van der Waals surface area (Å²) in [4.78, 5) is 19.2. The number of carbonyl (C=O) groups excluding carboxylic acids is 1. The summed E-state index contributed by atoms with van der Waals surface area (Å²) in [5.41, 5.74) is 6.44. The molecule has 5 heteroatoms. The second kappa shape index (κ2) is 6.12. The molecule has 1 aromatic rings. The molecule has 1 atom stereocenters. The fourth-order valence-corrected chi connectivity index (χ4v) is 2.78. The van der Waals surface area contributed by atoms with Crippen molar-refractivity contribution in [2.75, 3.05) is 13.6 Å². The minimum Gasteiger partial charge on any atom is -0.338 e. The maximum atomic E-state index is 11.9. The SMILES string of the molecule is Cc1nc(C)c(C(C)N(C)C(=O)CCCN)s1. The monoisotopic (exact) mass is 255 g/mol. The second-order valence-electron chi connectivity index (χ2n) is 4.26. The molecule has 0 aliphatic rings. The predicted octanol–water partition coefficient (Wildman–Crippen LogP) is 2.02. The normalized spacial score (nSPS) is 12.5. The maximum Gasteiger partial charge on any atom is 0.222 e. The smallest absolute Gasteiger partial charge is 0.222 e. The highest BCUT2D eigenvalue weighted by Gasteiger charge is 2.20. The van der Waals surface area contributed by atoms with Crippen LogP contribution in [0.3, 0.4) is 0 Å². The fourth-order valence-electron chi connectivity index (χ4n) is 1.76. The van der Waals surface area contributed by atoms with Crippen LogP contribution < -0.4 is 5.73 Å². The van der Waals surface area contributed by atoms with E-state index in [2.05, 4.69) is 4.98 Å². The molecule has 4 nitrogen and oxygen atoms in total. The summed E-state index contributed by atoms with van der Waals surface area (Å²) in [6.07, 6.45) is 1.27. The molecule has 0 aliphatic carbocycles. The van der Waals surface area contributed by atoms with Crippen LogP contribution in [-0.4, -0.2) is 29.4 Å². The molecule has 1 unspecified atom stereocenters. The lowest BCUT2D eigenvalue weighted by atomic mass is 10.2. The highest BCUT2D eigenvalue weighted by atomic mass is 32.1. The van der Waals surface area contributed by atoms with Crippen LogP contribution in [0, 0.1) is 13.8 Å². The van der Waals surface area contributed by atoms with Gasteiger partial charge >= 0.3 is 0 Å². The van der Waals surface area contributed by atoms with Gasteiger partial charge in [0.25, 0.3) is 0 Å². The molecule has 0 aliphatic heterocycles. The molecule has 96 valence electrons. The van der Waals surface area contributed by atoms with Gasteiger partial charge in [-0.25, -0.2) is 4.98 Å². The number of aryl methyl sites for hydroxylation is 2. The second-order valence-corrected chi connectivity index (χ2v) is 5.49. The zero-order valence-electron chi connectivity index (χ0n) is 11.0. The summed E-state index contributed by atoms with van der Waals surface area (Å²) in [6.45, 7) is 6.59.